The van der Waals surface area contributed by atoms with Crippen LogP contribution in [-0.2, 0) is 9.36 Å². The second kappa shape index (κ2) is 4.32. The predicted octanol–water partition coefficient (Wildman–Crippen LogP) is 1.10. The van der Waals surface area contributed by atoms with Crippen molar-refractivity contribution in [2.75, 3.05) is 6.16 Å². The van der Waals surface area contributed by atoms with E-state index in [4.69, 9.17) is 9.79 Å². The van der Waals surface area contributed by atoms with Crippen LogP contribution in [0, 0.1) is 23.7 Å². The largest absolute Gasteiger partial charge is 0.352 e. The van der Waals surface area contributed by atoms with Gasteiger partial charge >= 0.3 is 7.60 Å². The van der Waals surface area contributed by atoms with Gasteiger partial charge in [0.15, 0.2) is 0 Å². The van der Waals surface area contributed by atoms with Crippen LogP contribution < -0.4 is 5.32 Å². The maximum Gasteiger partial charge on any atom is 0.334 e. The highest BCUT2D eigenvalue weighted by Crippen LogP contribution is 2.53. The highest BCUT2D eigenvalue weighted by molar-refractivity contribution is 7.52. The quantitative estimate of drug-likeness (QED) is 0.672. The van der Waals surface area contributed by atoms with Crippen molar-refractivity contribution in [3.05, 3.63) is 0 Å². The van der Waals surface area contributed by atoms with Crippen molar-refractivity contribution in [3.8, 4) is 0 Å². The van der Waals surface area contributed by atoms with Gasteiger partial charge in [-0.15, -0.1) is 0 Å². The van der Waals surface area contributed by atoms with Gasteiger partial charge in [-0.3, -0.25) is 9.36 Å². The zero-order valence-electron chi connectivity index (χ0n) is 10.3. The van der Waals surface area contributed by atoms with Gasteiger partial charge in [0.1, 0.15) is 6.16 Å². The van der Waals surface area contributed by atoms with Gasteiger partial charge in [-0.1, -0.05) is 0 Å². The van der Waals surface area contributed by atoms with Crippen molar-refractivity contribution < 1.29 is 19.1 Å². The third kappa shape index (κ3) is 2.49. The van der Waals surface area contributed by atoms with Gasteiger partial charge in [-0.25, -0.2) is 0 Å². The summed E-state index contributed by atoms with van der Waals surface area (Å²) in [5.74, 6) is 2.27. The molecular formula is C12H20NO4P. The first kappa shape index (κ1) is 12.6. The summed E-state index contributed by atoms with van der Waals surface area (Å²) in [7, 11) is -4.23. The first-order valence-electron chi connectivity index (χ1n) is 6.74. The van der Waals surface area contributed by atoms with Gasteiger partial charge in [0.2, 0.25) is 5.91 Å². The second-order valence-electron chi connectivity index (χ2n) is 6.35. The summed E-state index contributed by atoms with van der Waals surface area (Å²) in [6.45, 7) is 0. The molecule has 0 unspecified atom stereocenters. The Morgan fingerprint density at radius 2 is 1.56 bits per heavy atom. The molecule has 6 heteroatoms. The van der Waals surface area contributed by atoms with E-state index in [0.717, 1.165) is 11.8 Å². The lowest BCUT2D eigenvalue weighted by Crippen LogP contribution is -2.56. The number of carbonyl (C=O) groups excluding carboxylic acids is 1. The van der Waals surface area contributed by atoms with E-state index in [2.05, 4.69) is 5.32 Å². The molecule has 3 N–H and O–H groups in total. The van der Waals surface area contributed by atoms with Crippen molar-refractivity contribution in [2.45, 2.75) is 38.1 Å². The summed E-state index contributed by atoms with van der Waals surface area (Å²) in [6.07, 6.45) is 5.44. The Hall–Kier alpha value is -0.380. The minimum atomic E-state index is -4.23. The van der Waals surface area contributed by atoms with E-state index in [1.807, 2.05) is 0 Å². The minimum absolute atomic E-state index is 0.164. The predicted molar refractivity (Wildman–Crippen MR) is 65.9 cm³/mol. The lowest BCUT2D eigenvalue weighted by atomic mass is 9.54. The molecule has 4 aliphatic rings. The summed E-state index contributed by atoms with van der Waals surface area (Å²) in [5.41, 5.74) is 0. The number of amides is 1. The fourth-order valence-corrected chi connectivity index (χ4v) is 5.04. The van der Waals surface area contributed by atoms with Gasteiger partial charge in [0, 0.05) is 6.04 Å². The fourth-order valence-electron chi connectivity index (χ4n) is 4.58. The summed E-state index contributed by atoms with van der Waals surface area (Å²) < 4.78 is 10.8. The molecule has 0 spiro atoms. The maximum atomic E-state index is 11.6. The van der Waals surface area contributed by atoms with Crippen LogP contribution in [-0.4, -0.2) is 27.9 Å². The molecule has 4 fully saturated rings. The van der Waals surface area contributed by atoms with Crippen molar-refractivity contribution >= 4 is 13.5 Å². The van der Waals surface area contributed by atoms with Crippen LogP contribution in [0.1, 0.15) is 32.1 Å². The molecular weight excluding hydrogens is 253 g/mol. The number of carbonyl (C=O) groups is 1. The Kier molecular flexibility index (Phi) is 3.04. The molecule has 4 bridgehead atoms. The normalized spacial score (nSPS) is 42.0. The number of rotatable bonds is 3. The molecule has 0 aromatic carbocycles. The Bertz CT molecular complexity index is 377. The molecule has 18 heavy (non-hydrogen) atoms. The van der Waals surface area contributed by atoms with E-state index in [9.17, 15) is 9.36 Å². The third-order valence-corrected chi connectivity index (χ3v) is 5.60. The van der Waals surface area contributed by atoms with Crippen LogP contribution in [0.25, 0.3) is 0 Å². The molecule has 4 rings (SSSR count). The maximum absolute atomic E-state index is 11.6. The van der Waals surface area contributed by atoms with Crippen LogP contribution in [0.15, 0.2) is 0 Å². The van der Waals surface area contributed by atoms with Crippen LogP contribution in [0.2, 0.25) is 0 Å². The third-order valence-electron chi connectivity index (χ3n) is 4.90. The second-order valence-corrected chi connectivity index (χ2v) is 7.99. The van der Waals surface area contributed by atoms with E-state index in [1.54, 1.807) is 0 Å². The number of hydrogen-bond acceptors (Lipinski definition) is 2. The van der Waals surface area contributed by atoms with Gasteiger partial charge in [0.05, 0.1) is 0 Å². The fraction of sp³-hybridized carbons (Fsp3) is 0.917. The standard InChI is InChI=1S/C12H20NO4P/c14-11(6-18(15,16)17)13-12-9-2-7-1-8(4-9)5-10(12)3-7/h7-10,12H,1-6H2,(H,13,14)(H2,15,16,17). The first-order chi connectivity index (χ1) is 8.40. The average molecular weight is 273 g/mol. The zero-order valence-corrected chi connectivity index (χ0v) is 11.2. The van der Waals surface area contributed by atoms with E-state index in [0.29, 0.717) is 11.8 Å². The molecule has 0 atom stereocenters. The zero-order chi connectivity index (χ0) is 12.9. The van der Waals surface area contributed by atoms with E-state index >= 15 is 0 Å². The molecule has 0 radical (unpaired) electrons. The molecule has 1 amide bonds. The molecule has 102 valence electrons. The van der Waals surface area contributed by atoms with Crippen molar-refractivity contribution in [1.82, 2.24) is 5.32 Å². The lowest BCUT2D eigenvalue weighted by molar-refractivity contribution is -0.122. The van der Waals surface area contributed by atoms with Gasteiger partial charge in [0.25, 0.3) is 0 Å². The SMILES string of the molecule is O=C(CP(=O)(O)O)NC1C2CC3CC(C2)CC1C3. The summed E-state index contributed by atoms with van der Waals surface area (Å²) >= 11 is 0. The average Bonchev–Trinajstić information content (AvgIpc) is 2.19. The minimum Gasteiger partial charge on any atom is -0.352 e. The summed E-state index contributed by atoms with van der Waals surface area (Å²) in [5, 5.41) is 2.89. The van der Waals surface area contributed by atoms with Crippen LogP contribution in [0.4, 0.5) is 0 Å². The van der Waals surface area contributed by atoms with E-state index < -0.39 is 19.7 Å². The molecule has 0 heterocycles. The van der Waals surface area contributed by atoms with Crippen molar-refractivity contribution in [1.29, 1.82) is 0 Å². The van der Waals surface area contributed by atoms with Gasteiger partial charge < -0.3 is 15.1 Å². The molecule has 5 nitrogen and oxygen atoms in total. The number of hydrogen-bond donors (Lipinski definition) is 3. The molecule has 4 aliphatic carbocycles. The Morgan fingerprint density at radius 1 is 1.06 bits per heavy atom. The van der Waals surface area contributed by atoms with E-state index in [1.165, 1.54) is 32.1 Å². The molecule has 0 aromatic heterocycles. The Morgan fingerprint density at radius 3 is 2.00 bits per heavy atom. The van der Waals surface area contributed by atoms with Crippen molar-refractivity contribution in [2.24, 2.45) is 23.7 Å². The number of nitrogens with one attached hydrogen (secondary N) is 1. The lowest BCUT2D eigenvalue weighted by Gasteiger charge is -2.54. The Balaban J connectivity index is 1.63. The molecule has 0 aliphatic heterocycles. The van der Waals surface area contributed by atoms with Crippen LogP contribution in [0.5, 0.6) is 0 Å². The molecule has 4 saturated carbocycles. The summed E-state index contributed by atoms with van der Waals surface area (Å²) in [4.78, 5) is 29.3. The highest BCUT2D eigenvalue weighted by Gasteiger charge is 2.48. The van der Waals surface area contributed by atoms with Crippen LogP contribution in [0.3, 0.4) is 0 Å². The Labute approximate surface area is 106 Å². The van der Waals surface area contributed by atoms with Gasteiger partial charge in [-0.05, 0) is 55.8 Å². The molecule has 0 saturated heterocycles. The highest BCUT2D eigenvalue weighted by atomic mass is 31.2. The van der Waals surface area contributed by atoms with Gasteiger partial charge in [-0.2, -0.15) is 0 Å². The van der Waals surface area contributed by atoms with Crippen LogP contribution >= 0.6 is 7.60 Å². The van der Waals surface area contributed by atoms with E-state index in [-0.39, 0.29) is 6.04 Å². The molecule has 0 aromatic rings. The van der Waals surface area contributed by atoms with Crippen molar-refractivity contribution in [3.63, 3.8) is 0 Å². The first-order valence-corrected chi connectivity index (χ1v) is 8.54. The topological polar surface area (TPSA) is 86.6 Å². The summed E-state index contributed by atoms with van der Waals surface area (Å²) in [6, 6.07) is 0.164. The smallest absolute Gasteiger partial charge is 0.334 e. The monoisotopic (exact) mass is 273 g/mol.